The summed E-state index contributed by atoms with van der Waals surface area (Å²) in [5, 5.41) is 1.66. The summed E-state index contributed by atoms with van der Waals surface area (Å²) in [6.45, 7) is 0. The molecule has 0 spiro atoms. The van der Waals surface area contributed by atoms with Gasteiger partial charge < -0.3 is 9.32 Å². The van der Waals surface area contributed by atoms with Gasteiger partial charge in [-0.3, -0.25) is 0 Å². The third-order valence-corrected chi connectivity index (χ3v) is 15.6. The first kappa shape index (κ1) is 53.4. The zero-order chi connectivity index (χ0) is 55.4. The van der Waals surface area contributed by atoms with Crippen molar-refractivity contribution < 1.29 is 4.42 Å². The van der Waals surface area contributed by atoms with Crippen molar-refractivity contribution in [2.45, 2.75) is 0 Å². The second kappa shape index (κ2) is 19.0. The fourth-order valence-corrected chi connectivity index (χ4v) is 11.5. The molecule has 0 aliphatic rings. The molecule has 0 saturated heterocycles. The van der Waals surface area contributed by atoms with Gasteiger partial charge in [0.05, 0.1) is 11.2 Å². The number of nitrogens with zero attached hydrogens (tertiary/aromatic N) is 3. The average molecular weight is 938 g/mol. The van der Waals surface area contributed by atoms with Crippen LogP contribution >= 0.6 is 11.3 Å². The van der Waals surface area contributed by atoms with Crippen LogP contribution in [0.2, 0.25) is 0 Å². The normalized spacial score (nSPS) is 11.7. The fourth-order valence-electron chi connectivity index (χ4n) is 10.2. The number of anilines is 3. The highest BCUT2D eigenvalue weighted by atomic mass is 32.1. The van der Waals surface area contributed by atoms with Crippen LogP contribution in [0.5, 0.6) is 0 Å². The number of hydrogen-bond donors (Lipinski definition) is 0. The second-order valence-electron chi connectivity index (χ2n) is 18.4. The van der Waals surface area contributed by atoms with Crippen LogP contribution in [-0.2, 0) is 0 Å². The molecule has 0 fully saturated rings. The van der Waals surface area contributed by atoms with Gasteiger partial charge in [-0.1, -0.05) is 125 Å². The number of aromatic nitrogens is 2. The van der Waals surface area contributed by atoms with E-state index in [2.05, 4.69) is 0 Å². The lowest BCUT2D eigenvalue weighted by Gasteiger charge is -2.38. The van der Waals surface area contributed by atoms with Gasteiger partial charge in [0.2, 0.25) is 0 Å². The van der Waals surface area contributed by atoms with Crippen molar-refractivity contribution in [3.63, 3.8) is 0 Å². The van der Waals surface area contributed by atoms with Gasteiger partial charge in [-0.25, -0.2) is 9.97 Å². The first-order valence-electron chi connectivity index (χ1n) is 23.0. The van der Waals surface area contributed by atoms with E-state index in [0.717, 1.165) is 16.9 Å². The molecule has 8 aromatic carbocycles. The van der Waals surface area contributed by atoms with Gasteiger partial charge in [0.25, 0.3) is 0 Å². The number of benzene rings is 8. The summed E-state index contributed by atoms with van der Waals surface area (Å²) in [5.41, 5.74) is -1.30. The summed E-state index contributed by atoms with van der Waals surface area (Å²) < 4.78 is 7.36. The molecule has 11 rings (SSSR count). The highest BCUT2D eigenvalue weighted by molar-refractivity contribution is 7.28. The zero-order valence-electron chi connectivity index (χ0n) is 40.6. The van der Waals surface area contributed by atoms with Crippen molar-refractivity contribution >= 4 is 374 Å². The summed E-state index contributed by atoms with van der Waals surface area (Å²) in [7, 11) is 150. The lowest BCUT2D eigenvalue weighted by atomic mass is 9.56. The van der Waals surface area contributed by atoms with Crippen LogP contribution in [0, 0.1) is 0 Å². The molecule has 77 heavy (non-hydrogen) atoms. The Morgan fingerprint density at radius 1 is 0.325 bits per heavy atom. The maximum atomic E-state index is 7.71. The summed E-state index contributed by atoms with van der Waals surface area (Å²) in [5.74, 6) is 0.0312. The molecule has 0 atom stereocenters. The van der Waals surface area contributed by atoms with Crippen LogP contribution in [0.15, 0.2) is 59.0 Å². The highest BCUT2D eigenvalue weighted by Crippen LogP contribution is 2.40. The minimum atomic E-state index is -0.297. The zero-order valence-corrected chi connectivity index (χ0v) is 41.4. The van der Waals surface area contributed by atoms with E-state index < -0.39 is 0 Å². The smallest absolute Gasteiger partial charge is 0.160 e. The van der Waals surface area contributed by atoms with Crippen LogP contribution in [0.3, 0.4) is 0 Å². The van der Waals surface area contributed by atoms with E-state index >= 15 is 0 Å². The average Bonchev–Trinajstić information content (AvgIpc) is 4.05. The number of thiophene rings is 1. The van der Waals surface area contributed by atoms with Crippen LogP contribution in [0.25, 0.3) is 86.8 Å². The SMILES string of the molecule is [B]c1c([B])c([B])c(-c2c([B])c([B])c(N(c3c([B])c(-c4nc(-c5ccccc5)c5ccccc5n4)c4c(oc5c([B])c([B])c([B])c([B])c54)c3[B])c3c([B])c([B])c4c(sc5c([B])c([B])c([B])c([B])c54)c3[B])c([B])c2[B])c([B])c1[B]. The van der Waals surface area contributed by atoms with E-state index in [0.29, 0.717) is 26.7 Å². The van der Waals surface area contributed by atoms with Crippen molar-refractivity contribution in [3.05, 3.63) is 54.6 Å². The Kier molecular flexibility index (Phi) is 13.2. The molecular weight excluding hydrogens is 929 g/mol. The molecule has 4 nitrogen and oxygen atoms in total. The molecule has 0 aliphatic carbocycles. The first-order chi connectivity index (χ1) is 36.4. The van der Waals surface area contributed by atoms with Crippen LogP contribution in [0.1, 0.15) is 0 Å². The summed E-state index contributed by atoms with van der Waals surface area (Å²) in [4.78, 5) is 11.7. The van der Waals surface area contributed by atoms with Crippen molar-refractivity contribution in [2.75, 3.05) is 4.90 Å². The molecule has 302 valence electrons. The number of hydrogen-bond acceptors (Lipinski definition) is 5. The Labute approximate surface area is 478 Å². The standard InChI is InChI=1S/C50H9B22N3OS/c51-20-14(21(52)29(60)32(63)28(20)59)15-22(53)35(66)44(36(67)23(15)54)75(45-37(68)26(57)18-17-25(56)31(62)34(65)39(70)48(17)77-49(18)41(45)72)43-27(58)19(13-16-24(55)30(61)33(64)38(69)47(16)76-46(13)40(43)71)50-73-12-9-5-4-8-11(12)42(74-50)10-6-2-1-3-7-10/h1-9H. The molecule has 0 aliphatic heterocycles. The number of fused-ring (bicyclic) bond motifs is 7. The third kappa shape index (κ3) is 7.50. The van der Waals surface area contributed by atoms with Gasteiger partial charge in [-0.05, 0) is 33.4 Å². The number of furan rings is 1. The van der Waals surface area contributed by atoms with Crippen molar-refractivity contribution in [3.8, 4) is 33.8 Å². The van der Waals surface area contributed by atoms with E-state index in [1.54, 1.807) is 0 Å². The van der Waals surface area contributed by atoms with Gasteiger partial charge >= 0.3 is 0 Å². The van der Waals surface area contributed by atoms with Gasteiger partial charge in [-0.15, -0.1) is 49.6 Å². The number of rotatable bonds is 6. The monoisotopic (exact) mass is 941 g/mol. The van der Waals surface area contributed by atoms with E-state index in [1.165, 1.54) is 4.90 Å². The predicted octanol–water partition coefficient (Wildman–Crippen LogP) is -12.2. The molecule has 0 bridgehead atoms. The lowest BCUT2D eigenvalue weighted by Crippen LogP contribution is -2.57. The molecular formula is C50H9B22N3OS. The molecule has 0 N–H and O–H groups in total. The van der Waals surface area contributed by atoms with E-state index in [1.807, 2.05) is 54.6 Å². The van der Waals surface area contributed by atoms with Gasteiger partial charge in [0.1, 0.15) is 184 Å². The van der Waals surface area contributed by atoms with Crippen molar-refractivity contribution in [1.29, 1.82) is 0 Å². The van der Waals surface area contributed by atoms with E-state index in [-0.39, 0.29) is 192 Å². The third-order valence-electron chi connectivity index (χ3n) is 14.3. The lowest BCUT2D eigenvalue weighted by molar-refractivity contribution is 0.674. The molecule has 11 aromatic rings. The molecule has 0 unspecified atom stereocenters. The first-order valence-corrected chi connectivity index (χ1v) is 23.8. The maximum Gasteiger partial charge on any atom is 0.160 e. The van der Waals surface area contributed by atoms with E-state index in [9.17, 15) is 0 Å². The molecule has 0 saturated carbocycles. The summed E-state index contributed by atoms with van der Waals surface area (Å²) >= 11 is 1.08. The summed E-state index contributed by atoms with van der Waals surface area (Å²) in [6.07, 6.45) is 0. The Morgan fingerprint density at radius 2 is 0.740 bits per heavy atom. The fraction of sp³-hybridized carbons (Fsp3) is 0. The second-order valence-corrected chi connectivity index (χ2v) is 19.4. The predicted molar refractivity (Wildman–Crippen MR) is 349 cm³/mol. The Bertz CT molecular complexity index is 4450. The minimum absolute atomic E-state index is 0.0118. The summed E-state index contributed by atoms with van der Waals surface area (Å²) in [6, 6.07) is 16.8. The van der Waals surface area contributed by atoms with Crippen LogP contribution in [-0.4, -0.2) is 183 Å². The maximum absolute atomic E-state index is 7.71. The minimum Gasteiger partial charge on any atom is -0.457 e. The van der Waals surface area contributed by atoms with E-state index in [4.69, 9.17) is 187 Å². The van der Waals surface area contributed by atoms with Crippen molar-refractivity contribution in [1.82, 2.24) is 9.97 Å². The molecule has 0 amide bonds. The van der Waals surface area contributed by atoms with Gasteiger partial charge in [0, 0.05) is 53.7 Å². The van der Waals surface area contributed by atoms with Crippen molar-refractivity contribution in [2.24, 2.45) is 0 Å². The highest BCUT2D eigenvalue weighted by Gasteiger charge is 2.33. The Balaban J connectivity index is 1.37. The largest absolute Gasteiger partial charge is 0.457 e. The molecule has 44 radical (unpaired) electrons. The molecule has 3 heterocycles. The number of para-hydroxylation sites is 1. The Morgan fingerprint density at radius 3 is 1.34 bits per heavy atom. The molecule has 27 heteroatoms. The van der Waals surface area contributed by atoms with Gasteiger partial charge in [-0.2, -0.15) is 0 Å². The van der Waals surface area contributed by atoms with Gasteiger partial charge in [0.15, 0.2) is 5.82 Å². The van der Waals surface area contributed by atoms with Crippen LogP contribution in [0.4, 0.5) is 17.1 Å². The molecule has 3 aromatic heterocycles. The van der Waals surface area contributed by atoms with Crippen LogP contribution < -0.4 is 125 Å². The topological polar surface area (TPSA) is 42.2 Å². The quantitative estimate of drug-likeness (QED) is 0.156. The Hall–Kier alpha value is -5.65.